The number of nitrogens with zero attached hydrogens (tertiary/aromatic N) is 1. The number of benzene rings is 1. The molecule has 0 saturated heterocycles. The predicted molar refractivity (Wildman–Crippen MR) is 60.3 cm³/mol. The van der Waals surface area contributed by atoms with E-state index in [0.29, 0.717) is 5.39 Å². The molecule has 0 aliphatic carbocycles. The first-order chi connectivity index (χ1) is 8.87. The highest BCUT2D eigenvalue weighted by atomic mass is 19.4. The molecule has 4 nitrogen and oxygen atoms in total. The number of hydrogen-bond donors (Lipinski definition) is 1. The van der Waals surface area contributed by atoms with E-state index in [1.54, 1.807) is 6.07 Å². The molecule has 100 valence electrons. The van der Waals surface area contributed by atoms with Crippen LogP contribution in [0, 0.1) is 0 Å². The molecule has 1 aromatic heterocycles. The van der Waals surface area contributed by atoms with Crippen LogP contribution in [0.2, 0.25) is 0 Å². The van der Waals surface area contributed by atoms with Gasteiger partial charge in [0.2, 0.25) is 0 Å². The summed E-state index contributed by atoms with van der Waals surface area (Å²) < 4.78 is 41.0. The zero-order chi connectivity index (χ0) is 14.0. The summed E-state index contributed by atoms with van der Waals surface area (Å²) in [6.45, 7) is -1.45. The van der Waals surface area contributed by atoms with E-state index in [4.69, 9.17) is 5.11 Å². The Balaban J connectivity index is 2.42. The SMILES string of the molecule is O=C(O)c1ccc2cccc(OCC(F)(F)F)c2n1. The zero-order valence-electron chi connectivity index (χ0n) is 9.44. The quantitative estimate of drug-likeness (QED) is 0.932. The van der Waals surface area contributed by atoms with E-state index in [-0.39, 0.29) is 17.0 Å². The van der Waals surface area contributed by atoms with Crippen molar-refractivity contribution in [2.24, 2.45) is 0 Å². The van der Waals surface area contributed by atoms with E-state index in [1.807, 2.05) is 0 Å². The summed E-state index contributed by atoms with van der Waals surface area (Å²) in [5, 5.41) is 9.32. The van der Waals surface area contributed by atoms with Crippen molar-refractivity contribution in [1.29, 1.82) is 0 Å². The van der Waals surface area contributed by atoms with Gasteiger partial charge < -0.3 is 9.84 Å². The molecule has 0 atom stereocenters. The van der Waals surface area contributed by atoms with Crippen molar-refractivity contribution in [1.82, 2.24) is 4.98 Å². The van der Waals surface area contributed by atoms with Gasteiger partial charge in [0.05, 0.1) is 0 Å². The number of hydrogen-bond acceptors (Lipinski definition) is 3. The van der Waals surface area contributed by atoms with E-state index in [2.05, 4.69) is 9.72 Å². The van der Waals surface area contributed by atoms with E-state index < -0.39 is 18.8 Å². The number of pyridine rings is 1. The van der Waals surface area contributed by atoms with Gasteiger partial charge in [-0.2, -0.15) is 13.2 Å². The molecule has 0 radical (unpaired) electrons. The minimum absolute atomic E-state index is 0.0895. The van der Waals surface area contributed by atoms with Gasteiger partial charge in [0.25, 0.3) is 0 Å². The second kappa shape index (κ2) is 4.75. The highest BCUT2D eigenvalue weighted by Gasteiger charge is 2.28. The molecule has 0 fully saturated rings. The number of fused-ring (bicyclic) bond motifs is 1. The summed E-state index contributed by atoms with van der Waals surface area (Å²) >= 11 is 0. The van der Waals surface area contributed by atoms with Gasteiger partial charge in [-0.15, -0.1) is 0 Å². The lowest BCUT2D eigenvalue weighted by molar-refractivity contribution is -0.153. The lowest BCUT2D eigenvalue weighted by Gasteiger charge is -2.11. The summed E-state index contributed by atoms with van der Waals surface area (Å²) in [4.78, 5) is 14.6. The molecular weight excluding hydrogens is 263 g/mol. The molecular formula is C12H8F3NO3. The number of carbonyl (C=O) groups is 1. The van der Waals surface area contributed by atoms with E-state index in [1.165, 1.54) is 24.3 Å². The lowest BCUT2D eigenvalue weighted by atomic mass is 10.2. The second-order valence-corrected chi connectivity index (χ2v) is 3.73. The molecule has 0 aliphatic rings. The van der Waals surface area contributed by atoms with Crippen LogP contribution in [0.15, 0.2) is 30.3 Å². The van der Waals surface area contributed by atoms with Crippen LogP contribution >= 0.6 is 0 Å². The molecule has 0 bridgehead atoms. The Labute approximate surface area is 105 Å². The van der Waals surface area contributed by atoms with Crippen molar-refractivity contribution in [3.63, 3.8) is 0 Å². The maximum Gasteiger partial charge on any atom is 0.422 e. The van der Waals surface area contributed by atoms with Crippen molar-refractivity contribution in [3.8, 4) is 5.75 Å². The Hall–Kier alpha value is -2.31. The van der Waals surface area contributed by atoms with Crippen molar-refractivity contribution >= 4 is 16.9 Å². The number of carboxylic acid groups (broad SMARTS) is 1. The number of ether oxygens (including phenoxy) is 1. The smallest absolute Gasteiger partial charge is 0.422 e. The Bertz CT molecular complexity index is 625. The van der Waals surface area contributed by atoms with Gasteiger partial charge in [-0.1, -0.05) is 18.2 Å². The fourth-order valence-electron chi connectivity index (χ4n) is 1.52. The molecule has 0 aliphatic heterocycles. The minimum Gasteiger partial charge on any atom is -0.482 e. The number of alkyl halides is 3. The Morgan fingerprint density at radius 3 is 2.63 bits per heavy atom. The Kier molecular flexibility index (Phi) is 3.28. The van der Waals surface area contributed by atoms with Gasteiger partial charge >= 0.3 is 12.1 Å². The van der Waals surface area contributed by atoms with E-state index in [9.17, 15) is 18.0 Å². The van der Waals surface area contributed by atoms with Crippen LogP contribution in [0.3, 0.4) is 0 Å². The molecule has 0 amide bonds. The molecule has 0 saturated carbocycles. The summed E-state index contributed by atoms with van der Waals surface area (Å²) in [5.41, 5.74) is -0.165. The number of halogens is 3. The molecule has 2 rings (SSSR count). The molecule has 0 spiro atoms. The third kappa shape index (κ3) is 3.12. The highest BCUT2D eigenvalue weighted by molar-refractivity contribution is 5.91. The van der Waals surface area contributed by atoms with Crippen LogP contribution in [-0.2, 0) is 0 Å². The monoisotopic (exact) mass is 271 g/mol. The molecule has 7 heteroatoms. The van der Waals surface area contributed by atoms with Gasteiger partial charge in [0, 0.05) is 5.39 Å². The van der Waals surface area contributed by atoms with Gasteiger partial charge in [0.1, 0.15) is 17.0 Å². The molecule has 1 heterocycles. The number of aromatic nitrogens is 1. The zero-order valence-corrected chi connectivity index (χ0v) is 9.44. The largest absolute Gasteiger partial charge is 0.482 e. The number of aromatic carboxylic acids is 1. The average Bonchev–Trinajstić information content (AvgIpc) is 2.34. The van der Waals surface area contributed by atoms with E-state index >= 15 is 0 Å². The van der Waals surface area contributed by atoms with Crippen LogP contribution < -0.4 is 4.74 Å². The predicted octanol–water partition coefficient (Wildman–Crippen LogP) is 2.87. The average molecular weight is 271 g/mol. The summed E-state index contributed by atoms with van der Waals surface area (Å²) in [6, 6.07) is 7.17. The van der Waals surface area contributed by atoms with Crippen molar-refractivity contribution in [2.75, 3.05) is 6.61 Å². The molecule has 0 unspecified atom stereocenters. The topological polar surface area (TPSA) is 59.4 Å². The maximum atomic E-state index is 12.1. The third-order valence-electron chi connectivity index (χ3n) is 2.29. The second-order valence-electron chi connectivity index (χ2n) is 3.73. The Morgan fingerprint density at radius 2 is 2.00 bits per heavy atom. The van der Waals surface area contributed by atoms with Gasteiger partial charge in [-0.25, -0.2) is 9.78 Å². The van der Waals surface area contributed by atoms with Crippen molar-refractivity contribution in [3.05, 3.63) is 36.0 Å². The lowest BCUT2D eigenvalue weighted by Crippen LogP contribution is -2.19. The summed E-state index contributed by atoms with van der Waals surface area (Å²) in [5.74, 6) is -1.36. The highest BCUT2D eigenvalue weighted by Crippen LogP contribution is 2.26. The van der Waals surface area contributed by atoms with Crippen molar-refractivity contribution < 1.29 is 27.8 Å². The van der Waals surface area contributed by atoms with Gasteiger partial charge in [-0.3, -0.25) is 0 Å². The normalized spacial score (nSPS) is 11.5. The number of rotatable bonds is 3. The first-order valence-corrected chi connectivity index (χ1v) is 5.19. The summed E-state index contributed by atoms with van der Waals surface area (Å²) in [7, 11) is 0. The Morgan fingerprint density at radius 1 is 1.26 bits per heavy atom. The molecule has 2 aromatic rings. The van der Waals surface area contributed by atoms with Crippen LogP contribution in [0.25, 0.3) is 10.9 Å². The minimum atomic E-state index is -4.47. The number of carboxylic acids is 1. The first-order valence-electron chi connectivity index (χ1n) is 5.19. The molecule has 19 heavy (non-hydrogen) atoms. The van der Waals surface area contributed by atoms with Gasteiger partial charge in [0.15, 0.2) is 6.61 Å². The fourth-order valence-corrected chi connectivity index (χ4v) is 1.52. The van der Waals surface area contributed by atoms with Crippen LogP contribution in [0.4, 0.5) is 13.2 Å². The number of para-hydroxylation sites is 1. The first kappa shape index (κ1) is 13.1. The fraction of sp³-hybridized carbons (Fsp3) is 0.167. The van der Waals surface area contributed by atoms with Crippen LogP contribution in [-0.4, -0.2) is 28.8 Å². The van der Waals surface area contributed by atoms with Crippen LogP contribution in [0.5, 0.6) is 5.75 Å². The van der Waals surface area contributed by atoms with Crippen molar-refractivity contribution in [2.45, 2.75) is 6.18 Å². The maximum absolute atomic E-state index is 12.1. The summed E-state index contributed by atoms with van der Waals surface area (Å²) in [6.07, 6.45) is -4.47. The van der Waals surface area contributed by atoms with Gasteiger partial charge in [-0.05, 0) is 12.1 Å². The van der Waals surface area contributed by atoms with Crippen LogP contribution in [0.1, 0.15) is 10.5 Å². The molecule has 1 aromatic carbocycles. The third-order valence-corrected chi connectivity index (χ3v) is 2.29. The molecule has 1 N–H and O–H groups in total. The van der Waals surface area contributed by atoms with E-state index in [0.717, 1.165) is 0 Å². The standard InChI is InChI=1S/C12H8F3NO3/c13-12(14,15)6-19-9-3-1-2-7-4-5-8(11(17)18)16-10(7)9/h1-5H,6H2,(H,17,18).